The SMILES string of the molecule is CC.CC.O=S(=O)(c1ccc(F)cc1)C1(c2ccc(C(OCc3c(F)cccc3F)(C(F)(F)F)C(F)(F)F)cc2)CCC(N2CCOCC2)CC1. The average molecular weight is 756 g/mol. The fourth-order valence-electron chi connectivity index (χ4n) is 6.52. The first-order chi connectivity index (χ1) is 24.0. The van der Waals surface area contributed by atoms with Crippen molar-refractivity contribution in [3.05, 3.63) is 101 Å². The number of rotatable bonds is 8. The molecule has 5 nitrogen and oxygen atoms in total. The predicted molar refractivity (Wildman–Crippen MR) is 174 cm³/mol. The molecule has 1 heterocycles. The highest BCUT2D eigenvalue weighted by molar-refractivity contribution is 7.92. The minimum Gasteiger partial charge on any atom is -0.379 e. The van der Waals surface area contributed by atoms with Crippen LogP contribution in [0.3, 0.4) is 0 Å². The molecule has 0 N–H and O–H groups in total. The highest BCUT2D eigenvalue weighted by Crippen LogP contribution is 2.54. The third-order valence-electron chi connectivity index (χ3n) is 9.07. The molecule has 0 unspecified atom stereocenters. The van der Waals surface area contributed by atoms with Gasteiger partial charge in [-0.05, 0) is 67.6 Å². The average Bonchev–Trinajstić information content (AvgIpc) is 3.11. The van der Waals surface area contributed by atoms with Gasteiger partial charge < -0.3 is 9.47 Å². The number of morpholine rings is 1. The van der Waals surface area contributed by atoms with Gasteiger partial charge in [0.25, 0.3) is 5.60 Å². The van der Waals surface area contributed by atoms with Crippen LogP contribution < -0.4 is 0 Å². The van der Waals surface area contributed by atoms with Gasteiger partial charge in [-0.1, -0.05) is 58.0 Å². The standard InChI is InChI=1S/C32H30F9NO4S.2C2H6/c33-23-8-10-25(11-9-23)47(43,44)29(14-12-24(13-15-29)42-16-18-45-19-17-42)21-4-6-22(7-5-21)30(31(36,37)38,32(39,40)41)46-20-26-27(34)2-1-3-28(26)35;2*1-2/h1-11,24H,12-20H2;2*1-2H3. The summed E-state index contributed by atoms with van der Waals surface area (Å²) in [5.74, 6) is -3.51. The molecule has 3 aromatic rings. The molecule has 284 valence electrons. The number of alkyl halides is 6. The van der Waals surface area contributed by atoms with Gasteiger partial charge in [0, 0.05) is 30.3 Å². The molecule has 0 spiro atoms. The van der Waals surface area contributed by atoms with Crippen LogP contribution >= 0.6 is 0 Å². The van der Waals surface area contributed by atoms with Gasteiger partial charge >= 0.3 is 12.4 Å². The number of hydrogen-bond acceptors (Lipinski definition) is 5. The van der Waals surface area contributed by atoms with E-state index in [4.69, 9.17) is 4.74 Å². The number of nitrogens with zero attached hydrogens (tertiary/aromatic N) is 1. The van der Waals surface area contributed by atoms with Crippen LogP contribution in [-0.4, -0.2) is 58.0 Å². The lowest BCUT2D eigenvalue weighted by Gasteiger charge is -2.44. The summed E-state index contributed by atoms with van der Waals surface area (Å²) in [5, 5.41) is 0. The Bertz CT molecular complexity index is 1610. The maximum Gasteiger partial charge on any atom is 0.430 e. The molecule has 1 saturated heterocycles. The normalized spacial score (nSPS) is 20.5. The first-order valence-electron chi connectivity index (χ1n) is 16.7. The van der Waals surface area contributed by atoms with Gasteiger partial charge in [0.2, 0.25) is 0 Å². The lowest BCUT2D eigenvalue weighted by Crippen LogP contribution is -2.56. The molecule has 0 radical (unpaired) electrons. The number of ether oxygens (including phenoxy) is 2. The Labute approximate surface area is 292 Å². The summed E-state index contributed by atoms with van der Waals surface area (Å²) in [5.41, 5.74) is -7.69. The van der Waals surface area contributed by atoms with Crippen LogP contribution in [0.1, 0.15) is 70.1 Å². The molecule has 1 saturated carbocycles. The van der Waals surface area contributed by atoms with Crippen LogP contribution in [0.25, 0.3) is 0 Å². The molecule has 51 heavy (non-hydrogen) atoms. The van der Waals surface area contributed by atoms with Gasteiger partial charge in [0.15, 0.2) is 9.84 Å². The third kappa shape index (κ3) is 8.42. The van der Waals surface area contributed by atoms with Crippen molar-refractivity contribution in [2.24, 2.45) is 0 Å². The van der Waals surface area contributed by atoms with Gasteiger partial charge in [-0.25, -0.2) is 21.6 Å². The number of hydrogen-bond donors (Lipinski definition) is 0. The zero-order chi connectivity index (χ0) is 38.3. The van der Waals surface area contributed by atoms with Crippen molar-refractivity contribution >= 4 is 9.84 Å². The highest BCUT2D eigenvalue weighted by Gasteiger charge is 2.73. The molecule has 5 rings (SSSR count). The number of sulfone groups is 1. The van der Waals surface area contributed by atoms with E-state index < -0.39 is 67.7 Å². The van der Waals surface area contributed by atoms with E-state index in [1.807, 2.05) is 27.7 Å². The predicted octanol–water partition coefficient (Wildman–Crippen LogP) is 9.64. The fraction of sp³-hybridized carbons (Fsp3) is 0.500. The Morgan fingerprint density at radius 3 is 1.73 bits per heavy atom. The second-order valence-corrected chi connectivity index (χ2v) is 13.8. The van der Waals surface area contributed by atoms with Gasteiger partial charge in [0.05, 0.1) is 24.7 Å². The molecule has 0 atom stereocenters. The number of halogens is 9. The molecule has 0 aromatic heterocycles. The Morgan fingerprint density at radius 2 is 1.25 bits per heavy atom. The smallest absolute Gasteiger partial charge is 0.379 e. The maximum atomic E-state index is 14.5. The Morgan fingerprint density at radius 1 is 0.765 bits per heavy atom. The molecule has 2 fully saturated rings. The van der Waals surface area contributed by atoms with Gasteiger partial charge in [-0.15, -0.1) is 0 Å². The number of benzene rings is 3. The Hall–Kier alpha value is -3.14. The van der Waals surface area contributed by atoms with E-state index in [-0.39, 0.29) is 29.3 Å². The minimum atomic E-state index is -6.16. The molecule has 0 bridgehead atoms. The van der Waals surface area contributed by atoms with Crippen molar-refractivity contribution in [2.75, 3.05) is 26.3 Å². The first-order valence-corrected chi connectivity index (χ1v) is 18.2. The third-order valence-corrected chi connectivity index (χ3v) is 11.6. The van der Waals surface area contributed by atoms with E-state index in [1.54, 1.807) is 0 Å². The largest absolute Gasteiger partial charge is 0.430 e. The van der Waals surface area contributed by atoms with E-state index >= 15 is 0 Å². The van der Waals surface area contributed by atoms with Gasteiger partial charge in [0.1, 0.15) is 22.2 Å². The Balaban J connectivity index is 0.00000169. The van der Waals surface area contributed by atoms with Crippen LogP contribution in [0.15, 0.2) is 71.6 Å². The zero-order valence-electron chi connectivity index (χ0n) is 28.7. The van der Waals surface area contributed by atoms with Gasteiger partial charge in [-0.2, -0.15) is 26.3 Å². The summed E-state index contributed by atoms with van der Waals surface area (Å²) in [6.07, 6.45) is -11.7. The zero-order valence-corrected chi connectivity index (χ0v) is 29.5. The van der Waals surface area contributed by atoms with E-state index in [9.17, 15) is 47.9 Å². The summed E-state index contributed by atoms with van der Waals surface area (Å²) < 4.78 is 165. The minimum absolute atomic E-state index is 0.0270. The topological polar surface area (TPSA) is 55.8 Å². The summed E-state index contributed by atoms with van der Waals surface area (Å²) in [7, 11) is -4.38. The van der Waals surface area contributed by atoms with Crippen molar-refractivity contribution in [1.29, 1.82) is 0 Å². The van der Waals surface area contributed by atoms with Crippen molar-refractivity contribution in [3.8, 4) is 0 Å². The van der Waals surface area contributed by atoms with Crippen molar-refractivity contribution in [2.45, 2.75) is 93.6 Å². The van der Waals surface area contributed by atoms with Crippen molar-refractivity contribution in [3.63, 3.8) is 0 Å². The summed E-state index contributed by atoms with van der Waals surface area (Å²) in [6.45, 7) is 8.49. The van der Waals surface area contributed by atoms with Crippen LogP contribution in [-0.2, 0) is 36.3 Å². The monoisotopic (exact) mass is 755 g/mol. The van der Waals surface area contributed by atoms with Crippen LogP contribution in [0.5, 0.6) is 0 Å². The summed E-state index contributed by atoms with van der Waals surface area (Å²) in [6, 6.07) is 8.89. The van der Waals surface area contributed by atoms with E-state index in [0.29, 0.717) is 63.4 Å². The molecular formula is C36H42F9NO4S. The fourth-order valence-corrected chi connectivity index (χ4v) is 8.69. The highest BCUT2D eigenvalue weighted by atomic mass is 32.2. The van der Waals surface area contributed by atoms with Crippen molar-refractivity contribution in [1.82, 2.24) is 4.90 Å². The molecule has 1 aliphatic heterocycles. The first kappa shape index (κ1) is 42.3. The van der Waals surface area contributed by atoms with Crippen LogP contribution in [0.4, 0.5) is 39.5 Å². The molecular weight excluding hydrogens is 713 g/mol. The molecule has 15 heteroatoms. The lowest BCUT2D eigenvalue weighted by molar-refractivity contribution is -0.392. The quantitative estimate of drug-likeness (QED) is 0.169. The second kappa shape index (κ2) is 17.1. The Kier molecular flexibility index (Phi) is 14.2. The van der Waals surface area contributed by atoms with Crippen LogP contribution in [0.2, 0.25) is 0 Å². The second-order valence-electron chi connectivity index (χ2n) is 11.6. The van der Waals surface area contributed by atoms with E-state index in [2.05, 4.69) is 9.64 Å². The van der Waals surface area contributed by atoms with Crippen molar-refractivity contribution < 1.29 is 57.4 Å². The summed E-state index contributed by atoms with van der Waals surface area (Å²) in [4.78, 5) is 1.89. The summed E-state index contributed by atoms with van der Waals surface area (Å²) >= 11 is 0. The molecule has 3 aromatic carbocycles. The molecule has 0 amide bonds. The van der Waals surface area contributed by atoms with Crippen LogP contribution in [0, 0.1) is 17.5 Å². The molecule has 1 aliphatic carbocycles. The molecule has 2 aliphatic rings. The van der Waals surface area contributed by atoms with Gasteiger partial charge in [-0.3, -0.25) is 4.90 Å². The maximum absolute atomic E-state index is 14.5. The van der Waals surface area contributed by atoms with E-state index in [1.165, 1.54) is 0 Å². The lowest BCUT2D eigenvalue weighted by atomic mass is 9.79. The van der Waals surface area contributed by atoms with E-state index in [0.717, 1.165) is 42.5 Å².